The standard InChI is InChI=1S/C23H24N4O/c1-12-5-16-17(6-12)22(16)23(28)27-21-9-15-7-14(8-20(24)19(15)11-26-21)18-10-25-4-3-13(18)2/h3-4,7-12,16-17,22H,5-6,24H2,1-2H3,(H,26,27,28)/t12?,16-,17+,22+. The number of nitrogens with two attached hydrogens (primary N) is 1. The van der Waals surface area contributed by atoms with E-state index in [-0.39, 0.29) is 11.8 Å². The summed E-state index contributed by atoms with van der Waals surface area (Å²) >= 11 is 0. The molecule has 0 saturated heterocycles. The van der Waals surface area contributed by atoms with Crippen molar-refractivity contribution in [3.8, 4) is 11.1 Å². The molecular weight excluding hydrogens is 348 g/mol. The van der Waals surface area contributed by atoms with Gasteiger partial charge in [0.2, 0.25) is 5.91 Å². The van der Waals surface area contributed by atoms with Crippen molar-refractivity contribution in [3.05, 3.63) is 48.4 Å². The first-order chi connectivity index (χ1) is 13.5. The molecule has 0 bridgehead atoms. The smallest absolute Gasteiger partial charge is 0.229 e. The lowest BCUT2D eigenvalue weighted by atomic mass is 9.99. The molecule has 3 N–H and O–H groups in total. The van der Waals surface area contributed by atoms with E-state index in [1.165, 1.54) is 12.8 Å². The van der Waals surface area contributed by atoms with Crippen LogP contribution in [0.1, 0.15) is 25.3 Å². The molecule has 5 heteroatoms. The number of nitrogens with one attached hydrogen (secondary N) is 1. The van der Waals surface area contributed by atoms with Gasteiger partial charge in [0, 0.05) is 41.1 Å². The zero-order valence-corrected chi connectivity index (χ0v) is 16.1. The Morgan fingerprint density at radius 1 is 1.18 bits per heavy atom. The Kier molecular flexibility index (Phi) is 3.86. The number of aryl methyl sites for hydroxylation is 1. The van der Waals surface area contributed by atoms with Gasteiger partial charge in [0.1, 0.15) is 5.82 Å². The van der Waals surface area contributed by atoms with E-state index in [1.807, 2.05) is 24.4 Å². The fourth-order valence-electron chi connectivity index (χ4n) is 4.99. The van der Waals surface area contributed by atoms with Crippen LogP contribution in [0.4, 0.5) is 11.5 Å². The summed E-state index contributed by atoms with van der Waals surface area (Å²) in [7, 11) is 0. The van der Waals surface area contributed by atoms with E-state index < -0.39 is 0 Å². The van der Waals surface area contributed by atoms with E-state index >= 15 is 0 Å². The number of aromatic nitrogens is 2. The summed E-state index contributed by atoms with van der Waals surface area (Å²) in [6.07, 6.45) is 7.74. The Bertz CT molecular complexity index is 1080. The normalized spacial score (nSPS) is 25.5. The van der Waals surface area contributed by atoms with E-state index in [0.717, 1.165) is 33.4 Å². The fraction of sp³-hybridized carbons (Fsp3) is 0.348. The van der Waals surface area contributed by atoms with Crippen LogP contribution < -0.4 is 11.1 Å². The third kappa shape index (κ3) is 2.82. The average molecular weight is 372 g/mol. The molecule has 5 nitrogen and oxygen atoms in total. The molecule has 28 heavy (non-hydrogen) atoms. The number of pyridine rings is 2. The number of nitrogens with zero attached hydrogens (tertiary/aromatic N) is 2. The molecule has 2 fully saturated rings. The third-order valence-corrected chi connectivity index (χ3v) is 6.45. The number of hydrogen-bond acceptors (Lipinski definition) is 4. The molecule has 2 aliphatic rings. The maximum absolute atomic E-state index is 12.6. The van der Waals surface area contributed by atoms with Gasteiger partial charge in [-0.1, -0.05) is 6.92 Å². The van der Waals surface area contributed by atoms with Crippen LogP contribution >= 0.6 is 0 Å². The van der Waals surface area contributed by atoms with E-state index in [2.05, 4.69) is 35.2 Å². The number of amides is 1. The molecule has 1 aromatic carbocycles. The SMILES string of the molecule is Cc1ccncc1-c1cc(N)c2cnc(NC(=O)[C@H]3[C@@H]4CC(C)C[C@@H]43)cc2c1. The van der Waals surface area contributed by atoms with Gasteiger partial charge in [-0.15, -0.1) is 0 Å². The molecule has 1 amide bonds. The molecule has 2 aromatic heterocycles. The van der Waals surface area contributed by atoms with Crippen molar-refractivity contribution in [1.82, 2.24) is 9.97 Å². The summed E-state index contributed by atoms with van der Waals surface area (Å²) in [5.74, 6) is 2.78. The summed E-state index contributed by atoms with van der Waals surface area (Å²) in [4.78, 5) is 21.3. The lowest BCUT2D eigenvalue weighted by Crippen LogP contribution is -2.18. The molecule has 4 atom stereocenters. The van der Waals surface area contributed by atoms with Gasteiger partial charge >= 0.3 is 0 Å². The number of rotatable bonds is 3. The largest absolute Gasteiger partial charge is 0.398 e. The maximum atomic E-state index is 12.6. The van der Waals surface area contributed by atoms with Crippen LogP contribution in [-0.2, 0) is 4.79 Å². The average Bonchev–Trinajstić information content (AvgIpc) is 3.18. The highest BCUT2D eigenvalue weighted by Gasteiger charge is 2.58. The summed E-state index contributed by atoms with van der Waals surface area (Å²) < 4.78 is 0. The Labute approximate surface area is 164 Å². The molecule has 2 saturated carbocycles. The third-order valence-electron chi connectivity index (χ3n) is 6.45. The van der Waals surface area contributed by atoms with Crippen LogP contribution in [0.3, 0.4) is 0 Å². The van der Waals surface area contributed by atoms with E-state index in [4.69, 9.17) is 5.73 Å². The molecule has 5 rings (SSSR count). The van der Waals surface area contributed by atoms with Crippen molar-refractivity contribution in [1.29, 1.82) is 0 Å². The highest BCUT2D eigenvalue weighted by Crippen LogP contribution is 2.59. The Hall–Kier alpha value is -2.95. The number of fused-ring (bicyclic) bond motifs is 2. The second kappa shape index (κ2) is 6.30. The minimum absolute atomic E-state index is 0.112. The van der Waals surface area contributed by atoms with Crippen LogP contribution in [0.25, 0.3) is 21.9 Å². The van der Waals surface area contributed by atoms with Gasteiger partial charge in [-0.2, -0.15) is 0 Å². The Morgan fingerprint density at radius 3 is 2.71 bits per heavy atom. The summed E-state index contributed by atoms with van der Waals surface area (Å²) in [6, 6.07) is 7.94. The second-order valence-electron chi connectivity index (χ2n) is 8.47. The number of hydrogen-bond donors (Lipinski definition) is 2. The number of benzene rings is 1. The predicted octanol–water partition coefficient (Wildman–Crippen LogP) is 4.42. The number of nitrogen functional groups attached to an aromatic ring is 1. The minimum atomic E-state index is 0.112. The first-order valence-electron chi connectivity index (χ1n) is 9.92. The van der Waals surface area contributed by atoms with Crippen LogP contribution in [-0.4, -0.2) is 15.9 Å². The van der Waals surface area contributed by atoms with Crippen LogP contribution in [0.15, 0.2) is 42.9 Å². The van der Waals surface area contributed by atoms with Crippen molar-refractivity contribution < 1.29 is 4.79 Å². The first kappa shape index (κ1) is 17.2. The molecule has 0 radical (unpaired) electrons. The summed E-state index contributed by atoms with van der Waals surface area (Å²) in [6.45, 7) is 4.33. The van der Waals surface area contributed by atoms with Crippen LogP contribution in [0.2, 0.25) is 0 Å². The monoisotopic (exact) mass is 372 g/mol. The first-order valence-corrected chi connectivity index (χ1v) is 9.92. The lowest BCUT2D eigenvalue weighted by molar-refractivity contribution is -0.118. The molecule has 2 heterocycles. The summed E-state index contributed by atoms with van der Waals surface area (Å²) in [5.41, 5.74) is 10.2. The Balaban J connectivity index is 1.44. The van der Waals surface area contributed by atoms with Crippen LogP contribution in [0, 0.1) is 30.6 Å². The second-order valence-corrected chi connectivity index (χ2v) is 8.47. The number of carbonyl (C=O) groups excluding carboxylic acids is 1. The zero-order valence-electron chi connectivity index (χ0n) is 16.1. The fourth-order valence-corrected chi connectivity index (χ4v) is 4.99. The quantitative estimate of drug-likeness (QED) is 0.667. The molecule has 0 aliphatic heterocycles. The van der Waals surface area contributed by atoms with Crippen molar-refractivity contribution >= 4 is 28.2 Å². The van der Waals surface area contributed by atoms with E-state index in [9.17, 15) is 4.79 Å². The topological polar surface area (TPSA) is 80.9 Å². The zero-order chi connectivity index (χ0) is 19.4. The van der Waals surface area contributed by atoms with Gasteiger partial charge in [0.15, 0.2) is 0 Å². The molecular formula is C23H24N4O. The maximum Gasteiger partial charge on any atom is 0.229 e. The molecule has 3 aromatic rings. The molecule has 2 aliphatic carbocycles. The Morgan fingerprint density at radius 2 is 1.96 bits per heavy atom. The van der Waals surface area contributed by atoms with Gasteiger partial charge < -0.3 is 11.1 Å². The molecule has 0 spiro atoms. The van der Waals surface area contributed by atoms with Crippen molar-refractivity contribution in [3.63, 3.8) is 0 Å². The predicted molar refractivity (Wildman–Crippen MR) is 112 cm³/mol. The van der Waals surface area contributed by atoms with Crippen molar-refractivity contribution in [2.45, 2.75) is 26.7 Å². The molecule has 1 unspecified atom stereocenters. The van der Waals surface area contributed by atoms with Gasteiger partial charge in [-0.05, 0) is 78.3 Å². The van der Waals surface area contributed by atoms with Crippen molar-refractivity contribution in [2.24, 2.45) is 23.7 Å². The lowest BCUT2D eigenvalue weighted by Gasteiger charge is -2.12. The summed E-state index contributed by atoms with van der Waals surface area (Å²) in [5, 5.41) is 4.88. The van der Waals surface area contributed by atoms with Gasteiger partial charge in [-0.25, -0.2) is 4.98 Å². The van der Waals surface area contributed by atoms with Crippen molar-refractivity contribution in [2.75, 3.05) is 11.1 Å². The number of anilines is 2. The number of carbonyl (C=O) groups is 1. The van der Waals surface area contributed by atoms with Gasteiger partial charge in [0.25, 0.3) is 0 Å². The molecule has 142 valence electrons. The highest BCUT2D eigenvalue weighted by atomic mass is 16.2. The minimum Gasteiger partial charge on any atom is -0.398 e. The highest BCUT2D eigenvalue weighted by molar-refractivity contribution is 6.00. The van der Waals surface area contributed by atoms with Gasteiger partial charge in [0.05, 0.1) is 0 Å². The van der Waals surface area contributed by atoms with E-state index in [0.29, 0.717) is 23.3 Å². The van der Waals surface area contributed by atoms with E-state index in [1.54, 1.807) is 12.4 Å². The van der Waals surface area contributed by atoms with Crippen LogP contribution in [0.5, 0.6) is 0 Å². The van der Waals surface area contributed by atoms with Gasteiger partial charge in [-0.3, -0.25) is 9.78 Å².